The van der Waals surface area contributed by atoms with Crippen LogP contribution in [0.15, 0.2) is 18.7 Å². The third-order valence-corrected chi connectivity index (χ3v) is 5.71. The lowest BCUT2D eigenvalue weighted by atomic mass is 10.6. The van der Waals surface area contributed by atoms with Crippen molar-refractivity contribution in [3.63, 3.8) is 0 Å². The van der Waals surface area contributed by atoms with Crippen LogP contribution in [0.4, 0.5) is 0 Å². The summed E-state index contributed by atoms with van der Waals surface area (Å²) in [5, 5.41) is 16.6. The molecule has 0 aliphatic carbocycles. The molecule has 0 aromatic carbocycles. The van der Waals surface area contributed by atoms with E-state index in [4.69, 9.17) is 19.6 Å². The van der Waals surface area contributed by atoms with Crippen molar-refractivity contribution in [2.75, 3.05) is 0 Å². The van der Waals surface area contributed by atoms with Crippen LogP contribution in [0.2, 0.25) is 0 Å². The minimum Gasteiger partial charge on any atom is -0.711 e. The average molecular weight is 288 g/mol. The summed E-state index contributed by atoms with van der Waals surface area (Å²) in [5.41, 5.74) is 0. The van der Waals surface area contributed by atoms with Gasteiger partial charge in [-0.15, -0.1) is 0 Å². The van der Waals surface area contributed by atoms with E-state index in [0.29, 0.717) is 0 Å². The Morgan fingerprint density at radius 1 is 1.24 bits per heavy atom. The summed E-state index contributed by atoms with van der Waals surface area (Å²) in [6, 6.07) is 0. The van der Waals surface area contributed by atoms with Crippen LogP contribution in [0, 0.1) is 5.21 Å². The molecule has 0 fully saturated rings. The van der Waals surface area contributed by atoms with Gasteiger partial charge in [0.1, 0.15) is 18.9 Å². The van der Waals surface area contributed by atoms with Gasteiger partial charge < -0.3 is 29.9 Å². The van der Waals surface area contributed by atoms with Crippen molar-refractivity contribution < 1.29 is 38.5 Å². The summed E-state index contributed by atoms with van der Waals surface area (Å²) in [4.78, 5) is 35.2. The van der Waals surface area contributed by atoms with Crippen molar-refractivity contribution in [2.45, 2.75) is 11.6 Å². The second-order valence-electron chi connectivity index (χ2n) is 3.31. The van der Waals surface area contributed by atoms with Crippen molar-refractivity contribution in [1.29, 1.82) is 0 Å². The maximum Gasteiger partial charge on any atom is 0.373 e. The van der Waals surface area contributed by atoms with Crippen LogP contribution in [-0.4, -0.2) is 34.3 Å². The summed E-state index contributed by atoms with van der Waals surface area (Å²) >= 11 is 0. The SMILES string of the molecule is O=P(O)(O)C(O)(Cn1cc[n+]([O-])c1)P(=O)(O)O. The zero-order valence-electron chi connectivity index (χ0n) is 8.19. The summed E-state index contributed by atoms with van der Waals surface area (Å²) in [5.74, 6) is 0. The normalized spacial score (nSPS) is 13.9. The van der Waals surface area contributed by atoms with Crippen LogP contribution in [0.1, 0.15) is 0 Å². The van der Waals surface area contributed by atoms with E-state index < -0.39 is 26.8 Å². The monoisotopic (exact) mass is 288 g/mol. The van der Waals surface area contributed by atoms with Crippen LogP contribution in [0.5, 0.6) is 0 Å². The van der Waals surface area contributed by atoms with Gasteiger partial charge >= 0.3 is 20.3 Å². The number of aliphatic hydroxyl groups is 1. The first kappa shape index (κ1) is 14.3. The number of aromatic nitrogens is 2. The van der Waals surface area contributed by atoms with Gasteiger partial charge in [0.25, 0.3) is 0 Å². The highest BCUT2D eigenvalue weighted by Crippen LogP contribution is 2.67. The van der Waals surface area contributed by atoms with Crippen LogP contribution in [0.3, 0.4) is 0 Å². The molecule has 98 valence electrons. The minimum absolute atomic E-state index is 0.236. The molecule has 1 aromatic heterocycles. The maximum absolute atomic E-state index is 11.0. The molecule has 0 atom stereocenters. The highest BCUT2D eigenvalue weighted by atomic mass is 31.2. The molecule has 1 heterocycles. The molecule has 1 rings (SSSR count). The van der Waals surface area contributed by atoms with Gasteiger partial charge in [0.05, 0.1) is 0 Å². The van der Waals surface area contributed by atoms with Gasteiger partial charge in [0, 0.05) is 0 Å². The second kappa shape index (κ2) is 4.18. The number of hydrogen-bond donors (Lipinski definition) is 5. The molecule has 17 heavy (non-hydrogen) atoms. The Hall–Kier alpha value is -0.730. The molecular formula is C5H10N2O8P2. The van der Waals surface area contributed by atoms with E-state index in [1.54, 1.807) is 0 Å². The highest BCUT2D eigenvalue weighted by Gasteiger charge is 2.61. The van der Waals surface area contributed by atoms with Gasteiger partial charge in [-0.25, -0.2) is 9.30 Å². The van der Waals surface area contributed by atoms with Crippen LogP contribution >= 0.6 is 15.2 Å². The molecule has 0 aliphatic rings. The third kappa shape index (κ3) is 2.75. The summed E-state index contributed by atoms with van der Waals surface area (Å²) in [6.07, 6.45) is 2.69. The van der Waals surface area contributed by atoms with E-state index in [-0.39, 0.29) is 4.73 Å². The van der Waals surface area contributed by atoms with Crippen molar-refractivity contribution in [3.8, 4) is 0 Å². The Balaban J connectivity index is 3.19. The summed E-state index contributed by atoms with van der Waals surface area (Å²) in [6.45, 7) is -1.11. The predicted octanol–water partition coefficient (Wildman–Crippen LogP) is -1.88. The minimum atomic E-state index is -5.51. The zero-order chi connectivity index (χ0) is 13.5. The predicted molar refractivity (Wildman–Crippen MR) is 52.4 cm³/mol. The smallest absolute Gasteiger partial charge is 0.373 e. The molecule has 1 aromatic rings. The molecular weight excluding hydrogens is 278 g/mol. The number of nitrogens with zero attached hydrogens (tertiary/aromatic N) is 2. The Morgan fingerprint density at radius 2 is 1.71 bits per heavy atom. The topological polar surface area (TPSA) is 167 Å². The lowest BCUT2D eigenvalue weighted by Crippen LogP contribution is -2.34. The van der Waals surface area contributed by atoms with Crippen LogP contribution in [0.25, 0.3) is 0 Å². The first-order valence-corrected chi connectivity index (χ1v) is 7.28. The van der Waals surface area contributed by atoms with Crippen molar-refractivity contribution in [1.82, 2.24) is 4.57 Å². The molecule has 5 N–H and O–H groups in total. The third-order valence-electron chi connectivity index (χ3n) is 1.99. The largest absolute Gasteiger partial charge is 0.711 e. The lowest BCUT2D eigenvalue weighted by Gasteiger charge is -2.27. The van der Waals surface area contributed by atoms with Gasteiger partial charge in [0.15, 0.2) is 0 Å². The Bertz CT molecular complexity index is 478. The van der Waals surface area contributed by atoms with E-state index in [2.05, 4.69) is 0 Å². The van der Waals surface area contributed by atoms with Crippen molar-refractivity contribution in [2.24, 2.45) is 0 Å². The average Bonchev–Trinajstić information content (AvgIpc) is 2.47. The van der Waals surface area contributed by atoms with Crippen LogP contribution in [-0.2, 0) is 15.7 Å². The van der Waals surface area contributed by atoms with Gasteiger partial charge in [-0.05, 0) is 0 Å². The molecule has 0 amide bonds. The number of rotatable bonds is 4. The van der Waals surface area contributed by atoms with Crippen molar-refractivity contribution >= 4 is 15.2 Å². The quantitative estimate of drug-likeness (QED) is 0.244. The second-order valence-corrected chi connectivity index (χ2v) is 7.32. The molecule has 0 bridgehead atoms. The van der Waals surface area contributed by atoms with Crippen LogP contribution < -0.4 is 4.73 Å². The maximum atomic E-state index is 11.0. The molecule has 0 saturated heterocycles. The summed E-state index contributed by atoms with van der Waals surface area (Å²) < 4.78 is 22.9. The van der Waals surface area contributed by atoms with Gasteiger partial charge in [-0.3, -0.25) is 9.13 Å². The first-order valence-electron chi connectivity index (χ1n) is 4.05. The van der Waals surface area contributed by atoms with Gasteiger partial charge in [-0.2, -0.15) is 0 Å². The molecule has 0 unspecified atom stereocenters. The van der Waals surface area contributed by atoms with Gasteiger partial charge in [-0.1, -0.05) is 0 Å². The van der Waals surface area contributed by atoms with Crippen molar-refractivity contribution in [3.05, 3.63) is 23.9 Å². The fraction of sp³-hybridized carbons (Fsp3) is 0.400. The van der Waals surface area contributed by atoms with E-state index in [0.717, 1.165) is 23.3 Å². The fourth-order valence-electron chi connectivity index (χ4n) is 1.07. The van der Waals surface area contributed by atoms with E-state index >= 15 is 0 Å². The van der Waals surface area contributed by atoms with E-state index in [1.807, 2.05) is 0 Å². The molecule has 0 radical (unpaired) electrons. The molecule has 12 heteroatoms. The fourth-order valence-corrected chi connectivity index (χ4v) is 3.12. The summed E-state index contributed by atoms with van der Waals surface area (Å²) in [7, 11) is -11.0. The molecule has 0 spiro atoms. The lowest BCUT2D eigenvalue weighted by molar-refractivity contribution is -0.604. The Morgan fingerprint density at radius 3 is 2.00 bits per heavy atom. The molecule has 10 nitrogen and oxygen atoms in total. The highest BCUT2D eigenvalue weighted by molar-refractivity contribution is 7.72. The number of imidazole rings is 1. The Kier molecular flexibility index (Phi) is 3.52. The van der Waals surface area contributed by atoms with E-state index in [1.165, 1.54) is 0 Å². The van der Waals surface area contributed by atoms with E-state index in [9.17, 15) is 19.4 Å². The molecule has 0 saturated carbocycles. The standard InChI is InChI=1S/C5H10N2O8P2/c8-5(16(10,11)12,17(13,14)15)3-6-1-2-7(9)4-6/h1-2,4,8H,3H2,(H2,10,11,12)(H2,13,14,15). The number of hydrogen-bond acceptors (Lipinski definition) is 4. The van der Waals surface area contributed by atoms with Gasteiger partial charge in [0.2, 0.25) is 6.33 Å². The first-order chi connectivity index (χ1) is 7.47. The molecule has 0 aliphatic heterocycles. The Labute approximate surface area is 94.7 Å². The zero-order valence-corrected chi connectivity index (χ0v) is 9.98.